The van der Waals surface area contributed by atoms with Gasteiger partial charge in [0.05, 0.1) is 17.6 Å². The van der Waals surface area contributed by atoms with Gasteiger partial charge < -0.3 is 5.32 Å². The zero-order valence-corrected chi connectivity index (χ0v) is 17.8. The number of fused-ring (bicyclic) bond motifs is 1. The maximum Gasteiger partial charge on any atom is 0.245 e. The van der Waals surface area contributed by atoms with Crippen molar-refractivity contribution in [2.75, 3.05) is 19.6 Å². The van der Waals surface area contributed by atoms with E-state index in [2.05, 4.69) is 14.1 Å². The Kier molecular flexibility index (Phi) is 6.07. The summed E-state index contributed by atoms with van der Waals surface area (Å²) < 4.78 is 49.7. The number of hydrogen-bond donors (Lipinski definition) is 1. The van der Waals surface area contributed by atoms with Crippen molar-refractivity contribution < 1.29 is 17.6 Å². The van der Waals surface area contributed by atoms with Gasteiger partial charge in [-0.1, -0.05) is 24.3 Å². The lowest BCUT2D eigenvalue weighted by Gasteiger charge is -2.31. The van der Waals surface area contributed by atoms with Gasteiger partial charge in [0.1, 0.15) is 21.7 Å². The molecule has 1 unspecified atom stereocenters. The topological polar surface area (TPSA) is 92.3 Å². The maximum atomic E-state index is 13.7. The summed E-state index contributed by atoms with van der Waals surface area (Å²) in [6, 6.07) is 11.3. The second kappa shape index (κ2) is 8.75. The van der Waals surface area contributed by atoms with Crippen molar-refractivity contribution in [1.82, 2.24) is 18.4 Å². The minimum Gasteiger partial charge on any atom is -0.355 e. The van der Waals surface area contributed by atoms with Crippen molar-refractivity contribution in [2.24, 2.45) is 5.92 Å². The molecule has 0 saturated carbocycles. The fraction of sp³-hybridized carbons (Fsp3) is 0.350. The first-order valence-electron chi connectivity index (χ1n) is 9.69. The standard InChI is InChI=1S/C20H21FN4O3S2/c21-16-7-2-1-5-14(16)10-11-22-20(26)15-6-4-12-25(13-15)30(27,28)18-9-3-8-17-19(18)24-29-23-17/h1-3,5,7-9,15H,4,6,10-13H2,(H,22,26). The highest BCUT2D eigenvalue weighted by atomic mass is 32.2. The van der Waals surface area contributed by atoms with Crippen molar-refractivity contribution in [3.63, 3.8) is 0 Å². The highest BCUT2D eigenvalue weighted by molar-refractivity contribution is 7.89. The van der Waals surface area contributed by atoms with E-state index in [4.69, 9.17) is 0 Å². The van der Waals surface area contributed by atoms with Gasteiger partial charge in [0.2, 0.25) is 15.9 Å². The molecule has 30 heavy (non-hydrogen) atoms. The van der Waals surface area contributed by atoms with Crippen LogP contribution in [0.1, 0.15) is 18.4 Å². The molecule has 0 bridgehead atoms. The molecular formula is C20H21FN4O3S2. The van der Waals surface area contributed by atoms with Gasteiger partial charge in [-0.2, -0.15) is 13.1 Å². The number of sulfonamides is 1. The van der Waals surface area contributed by atoms with E-state index in [0.717, 1.165) is 11.7 Å². The number of nitrogens with zero attached hydrogens (tertiary/aromatic N) is 3. The van der Waals surface area contributed by atoms with Crippen molar-refractivity contribution in [2.45, 2.75) is 24.2 Å². The van der Waals surface area contributed by atoms with Crippen LogP contribution in [0.2, 0.25) is 0 Å². The lowest BCUT2D eigenvalue weighted by molar-refractivity contribution is -0.126. The fourth-order valence-electron chi connectivity index (χ4n) is 3.67. The summed E-state index contributed by atoms with van der Waals surface area (Å²) in [6.07, 6.45) is 1.59. The van der Waals surface area contributed by atoms with Crippen LogP contribution in [0.15, 0.2) is 47.4 Å². The SMILES string of the molecule is O=C(NCCc1ccccc1F)C1CCCN(S(=O)(=O)c2cccc3nsnc23)C1. The highest BCUT2D eigenvalue weighted by Crippen LogP contribution is 2.28. The molecule has 10 heteroatoms. The van der Waals surface area contributed by atoms with E-state index in [1.54, 1.807) is 30.3 Å². The predicted octanol–water partition coefficient (Wildman–Crippen LogP) is 2.59. The Hall–Kier alpha value is -2.43. The molecule has 158 valence electrons. The Morgan fingerprint density at radius 2 is 2.03 bits per heavy atom. The molecule has 1 fully saturated rings. The van der Waals surface area contributed by atoms with Crippen LogP contribution in [0.4, 0.5) is 4.39 Å². The molecule has 0 aliphatic carbocycles. The summed E-state index contributed by atoms with van der Waals surface area (Å²) in [4.78, 5) is 12.7. The minimum atomic E-state index is -3.79. The summed E-state index contributed by atoms with van der Waals surface area (Å²) in [5, 5.41) is 2.82. The lowest BCUT2D eigenvalue weighted by Crippen LogP contribution is -2.45. The number of nitrogens with one attached hydrogen (secondary N) is 1. The zero-order chi connectivity index (χ0) is 21.1. The second-order valence-electron chi connectivity index (χ2n) is 7.22. The summed E-state index contributed by atoms with van der Waals surface area (Å²) >= 11 is 0.970. The molecule has 2 heterocycles. The molecule has 4 rings (SSSR count). The van der Waals surface area contributed by atoms with Crippen LogP contribution in [-0.2, 0) is 21.2 Å². The number of halogens is 1. The van der Waals surface area contributed by atoms with Gasteiger partial charge in [-0.3, -0.25) is 4.79 Å². The first-order chi connectivity index (χ1) is 14.5. The summed E-state index contributed by atoms with van der Waals surface area (Å²) in [7, 11) is -3.79. The molecule has 1 saturated heterocycles. The zero-order valence-electron chi connectivity index (χ0n) is 16.1. The molecule has 3 aromatic rings. The Labute approximate surface area is 178 Å². The minimum absolute atomic E-state index is 0.113. The van der Waals surface area contributed by atoms with Crippen LogP contribution in [0.3, 0.4) is 0 Å². The van der Waals surface area contributed by atoms with E-state index in [-0.39, 0.29) is 23.2 Å². The first kappa shape index (κ1) is 20.8. The summed E-state index contributed by atoms with van der Waals surface area (Å²) in [5.41, 5.74) is 1.44. The van der Waals surface area contributed by atoms with Crippen molar-refractivity contribution in [3.8, 4) is 0 Å². The molecular weight excluding hydrogens is 427 g/mol. The molecule has 1 amide bonds. The predicted molar refractivity (Wildman–Crippen MR) is 112 cm³/mol. The Morgan fingerprint density at radius 1 is 1.20 bits per heavy atom. The number of benzene rings is 2. The second-order valence-corrected chi connectivity index (χ2v) is 9.66. The number of carbonyl (C=O) groups excluding carboxylic acids is 1. The molecule has 7 nitrogen and oxygen atoms in total. The van der Waals surface area contributed by atoms with Crippen LogP contribution in [0.5, 0.6) is 0 Å². The smallest absolute Gasteiger partial charge is 0.245 e. The van der Waals surface area contributed by atoms with E-state index >= 15 is 0 Å². The van der Waals surface area contributed by atoms with Gasteiger partial charge in [0.15, 0.2) is 0 Å². The average Bonchev–Trinajstić information content (AvgIpc) is 3.24. The van der Waals surface area contributed by atoms with Crippen LogP contribution in [0, 0.1) is 11.7 Å². The third-order valence-corrected chi connectivity index (χ3v) is 7.71. The Bertz CT molecular complexity index is 1170. The summed E-state index contributed by atoms with van der Waals surface area (Å²) in [5.74, 6) is -0.950. The van der Waals surface area contributed by atoms with Crippen LogP contribution < -0.4 is 5.32 Å². The first-order valence-corrected chi connectivity index (χ1v) is 11.9. The largest absolute Gasteiger partial charge is 0.355 e. The van der Waals surface area contributed by atoms with Crippen molar-refractivity contribution in [1.29, 1.82) is 0 Å². The van der Waals surface area contributed by atoms with Gasteiger partial charge >= 0.3 is 0 Å². The lowest BCUT2D eigenvalue weighted by atomic mass is 9.99. The monoisotopic (exact) mass is 448 g/mol. The molecule has 1 aliphatic heterocycles. The highest BCUT2D eigenvalue weighted by Gasteiger charge is 2.34. The quantitative estimate of drug-likeness (QED) is 0.626. The van der Waals surface area contributed by atoms with E-state index < -0.39 is 15.9 Å². The molecule has 1 atom stereocenters. The van der Waals surface area contributed by atoms with E-state index in [9.17, 15) is 17.6 Å². The van der Waals surface area contributed by atoms with Gasteiger partial charge in [-0.15, -0.1) is 0 Å². The molecule has 1 aromatic heterocycles. The number of hydrogen-bond acceptors (Lipinski definition) is 6. The molecule has 0 spiro atoms. The third kappa shape index (κ3) is 4.21. The number of carbonyl (C=O) groups is 1. The number of rotatable bonds is 6. The third-order valence-electron chi connectivity index (χ3n) is 5.27. The molecule has 1 N–H and O–H groups in total. The van der Waals surface area contributed by atoms with Crippen molar-refractivity contribution in [3.05, 3.63) is 53.8 Å². The Morgan fingerprint density at radius 3 is 2.87 bits per heavy atom. The number of amides is 1. The Balaban J connectivity index is 1.42. The van der Waals surface area contributed by atoms with E-state index in [0.29, 0.717) is 48.9 Å². The fourth-order valence-corrected chi connectivity index (χ4v) is 5.95. The summed E-state index contributed by atoms with van der Waals surface area (Å²) in [6.45, 7) is 0.768. The van der Waals surface area contributed by atoms with Gasteiger partial charge in [0, 0.05) is 19.6 Å². The van der Waals surface area contributed by atoms with E-state index in [1.165, 1.54) is 16.4 Å². The van der Waals surface area contributed by atoms with Gasteiger partial charge in [-0.05, 0) is 43.0 Å². The van der Waals surface area contributed by atoms with Crippen molar-refractivity contribution >= 4 is 38.7 Å². The van der Waals surface area contributed by atoms with Gasteiger partial charge in [0.25, 0.3) is 0 Å². The molecule has 2 aromatic carbocycles. The van der Waals surface area contributed by atoms with Gasteiger partial charge in [-0.25, -0.2) is 12.8 Å². The van der Waals surface area contributed by atoms with E-state index in [1.807, 2.05) is 0 Å². The number of aromatic nitrogens is 2. The van der Waals surface area contributed by atoms with Crippen LogP contribution >= 0.6 is 11.7 Å². The van der Waals surface area contributed by atoms with Crippen LogP contribution in [-0.4, -0.2) is 47.0 Å². The molecule has 0 radical (unpaired) electrons. The molecule has 1 aliphatic rings. The average molecular weight is 449 g/mol. The normalized spacial score (nSPS) is 17.8. The maximum absolute atomic E-state index is 13.7. The van der Waals surface area contributed by atoms with Crippen LogP contribution in [0.25, 0.3) is 11.0 Å². The number of piperidine rings is 1.